The fourth-order valence-electron chi connectivity index (χ4n) is 2.65. The fourth-order valence-corrected chi connectivity index (χ4v) is 2.65. The van der Waals surface area contributed by atoms with Gasteiger partial charge in [-0.25, -0.2) is 4.68 Å². The lowest BCUT2D eigenvalue weighted by molar-refractivity contribution is -0.119. The van der Waals surface area contributed by atoms with Gasteiger partial charge in [0.2, 0.25) is 5.91 Å². The molecule has 5 nitrogen and oxygen atoms in total. The first kappa shape index (κ1) is 16.6. The number of anilines is 1. The zero-order valence-corrected chi connectivity index (χ0v) is 14.0. The minimum atomic E-state index is -0.294. The summed E-state index contributed by atoms with van der Waals surface area (Å²) in [6.45, 7) is 2.33. The highest BCUT2D eigenvalue weighted by atomic mass is 16.2. The Kier molecular flexibility index (Phi) is 5.04. The summed E-state index contributed by atoms with van der Waals surface area (Å²) in [5, 5.41) is 4.35. The lowest BCUT2D eigenvalue weighted by Gasteiger charge is -2.21. The van der Waals surface area contributed by atoms with Gasteiger partial charge in [-0.15, -0.1) is 0 Å². The number of amides is 1. The average Bonchev–Trinajstić information content (AvgIpc) is 2.66. The molecule has 126 valence electrons. The van der Waals surface area contributed by atoms with Gasteiger partial charge in [0.1, 0.15) is 6.54 Å². The van der Waals surface area contributed by atoms with Crippen molar-refractivity contribution in [2.45, 2.75) is 13.5 Å². The van der Waals surface area contributed by atoms with Crippen molar-refractivity contribution in [1.29, 1.82) is 0 Å². The van der Waals surface area contributed by atoms with E-state index in [1.165, 1.54) is 10.7 Å². The quantitative estimate of drug-likeness (QED) is 0.721. The number of aromatic nitrogens is 2. The molecule has 0 aliphatic carbocycles. The Hall–Kier alpha value is -3.21. The van der Waals surface area contributed by atoms with Gasteiger partial charge in [0.05, 0.1) is 5.69 Å². The molecular weight excluding hydrogens is 314 g/mol. The Morgan fingerprint density at radius 2 is 1.60 bits per heavy atom. The standard InChI is InChI=1S/C20H19N3O2/c1-2-22(17-11-7-4-8-12-17)20(25)15-23-19(24)14-13-18(21-23)16-9-5-3-6-10-16/h3-14H,2,15H2,1H3. The Morgan fingerprint density at radius 1 is 0.960 bits per heavy atom. The summed E-state index contributed by atoms with van der Waals surface area (Å²) in [6, 6.07) is 22.1. The number of benzene rings is 2. The summed E-state index contributed by atoms with van der Waals surface area (Å²) in [5.74, 6) is -0.173. The summed E-state index contributed by atoms with van der Waals surface area (Å²) < 4.78 is 1.22. The van der Waals surface area contributed by atoms with Crippen molar-refractivity contribution >= 4 is 11.6 Å². The third kappa shape index (κ3) is 3.83. The number of hydrogen-bond acceptors (Lipinski definition) is 3. The lowest BCUT2D eigenvalue weighted by Crippen LogP contribution is -2.37. The summed E-state index contributed by atoms with van der Waals surface area (Å²) in [7, 11) is 0. The fraction of sp³-hybridized carbons (Fsp3) is 0.150. The summed E-state index contributed by atoms with van der Waals surface area (Å²) in [6.07, 6.45) is 0. The Morgan fingerprint density at radius 3 is 2.24 bits per heavy atom. The Bertz CT molecular complexity index is 905. The number of hydrogen-bond donors (Lipinski definition) is 0. The van der Waals surface area contributed by atoms with E-state index in [1.54, 1.807) is 11.0 Å². The molecule has 0 N–H and O–H groups in total. The molecule has 0 saturated carbocycles. The minimum Gasteiger partial charge on any atom is -0.311 e. The highest BCUT2D eigenvalue weighted by molar-refractivity contribution is 5.93. The van der Waals surface area contributed by atoms with Crippen LogP contribution in [0, 0.1) is 0 Å². The lowest BCUT2D eigenvalue weighted by atomic mass is 10.1. The summed E-state index contributed by atoms with van der Waals surface area (Å²) in [5.41, 5.74) is 2.08. The summed E-state index contributed by atoms with van der Waals surface area (Å²) >= 11 is 0. The Balaban J connectivity index is 1.87. The van der Waals surface area contributed by atoms with Crippen LogP contribution in [0.25, 0.3) is 11.3 Å². The number of carbonyl (C=O) groups is 1. The first-order valence-corrected chi connectivity index (χ1v) is 8.18. The number of carbonyl (C=O) groups excluding carboxylic acids is 1. The van der Waals surface area contributed by atoms with Crippen molar-refractivity contribution in [3.63, 3.8) is 0 Å². The van der Waals surface area contributed by atoms with E-state index in [4.69, 9.17) is 0 Å². The number of para-hydroxylation sites is 1. The second kappa shape index (κ2) is 7.57. The van der Waals surface area contributed by atoms with Crippen molar-refractivity contribution in [3.8, 4) is 11.3 Å². The van der Waals surface area contributed by atoms with Crippen LogP contribution in [-0.4, -0.2) is 22.2 Å². The van der Waals surface area contributed by atoms with Crippen molar-refractivity contribution in [2.24, 2.45) is 0 Å². The molecule has 0 radical (unpaired) electrons. The smallest absolute Gasteiger partial charge is 0.267 e. The molecule has 0 atom stereocenters. The highest BCUT2D eigenvalue weighted by Gasteiger charge is 2.15. The van der Waals surface area contributed by atoms with Crippen LogP contribution in [0.5, 0.6) is 0 Å². The van der Waals surface area contributed by atoms with E-state index >= 15 is 0 Å². The van der Waals surface area contributed by atoms with Crippen molar-refractivity contribution in [1.82, 2.24) is 9.78 Å². The van der Waals surface area contributed by atoms with E-state index in [2.05, 4.69) is 5.10 Å². The molecule has 0 spiro atoms. The molecule has 0 bridgehead atoms. The molecule has 25 heavy (non-hydrogen) atoms. The van der Waals surface area contributed by atoms with Crippen LogP contribution in [0.1, 0.15) is 6.92 Å². The molecule has 0 aliphatic rings. The van der Waals surface area contributed by atoms with E-state index < -0.39 is 0 Å². The third-order valence-electron chi connectivity index (χ3n) is 3.91. The second-order valence-electron chi connectivity index (χ2n) is 5.55. The van der Waals surface area contributed by atoms with Crippen molar-refractivity contribution in [3.05, 3.63) is 83.2 Å². The molecule has 1 amide bonds. The number of nitrogens with zero attached hydrogens (tertiary/aromatic N) is 3. The molecule has 3 rings (SSSR count). The van der Waals surface area contributed by atoms with Crippen LogP contribution >= 0.6 is 0 Å². The number of rotatable bonds is 5. The zero-order valence-electron chi connectivity index (χ0n) is 14.0. The second-order valence-corrected chi connectivity index (χ2v) is 5.55. The molecular formula is C20H19N3O2. The number of likely N-dealkylation sites (N-methyl/N-ethyl adjacent to an activating group) is 1. The van der Waals surface area contributed by atoms with Crippen LogP contribution in [-0.2, 0) is 11.3 Å². The first-order valence-electron chi connectivity index (χ1n) is 8.18. The van der Waals surface area contributed by atoms with Gasteiger partial charge in [0.25, 0.3) is 5.56 Å². The van der Waals surface area contributed by atoms with Crippen LogP contribution < -0.4 is 10.5 Å². The normalized spacial score (nSPS) is 10.4. The highest BCUT2D eigenvalue weighted by Crippen LogP contribution is 2.15. The van der Waals surface area contributed by atoms with Gasteiger partial charge in [-0.05, 0) is 25.1 Å². The third-order valence-corrected chi connectivity index (χ3v) is 3.91. The molecule has 3 aromatic rings. The van der Waals surface area contributed by atoms with E-state index in [0.717, 1.165) is 11.3 Å². The van der Waals surface area contributed by atoms with Gasteiger partial charge in [0, 0.05) is 23.9 Å². The largest absolute Gasteiger partial charge is 0.311 e. The van der Waals surface area contributed by atoms with E-state index in [9.17, 15) is 9.59 Å². The van der Waals surface area contributed by atoms with Crippen LogP contribution in [0.4, 0.5) is 5.69 Å². The maximum absolute atomic E-state index is 12.7. The molecule has 0 fully saturated rings. The molecule has 5 heteroatoms. The van der Waals surface area contributed by atoms with Gasteiger partial charge in [-0.2, -0.15) is 5.10 Å². The molecule has 0 saturated heterocycles. The first-order chi connectivity index (χ1) is 12.2. The molecule has 2 aromatic carbocycles. The predicted octanol–water partition coefficient (Wildman–Crippen LogP) is 2.96. The molecule has 0 aliphatic heterocycles. The van der Waals surface area contributed by atoms with Gasteiger partial charge in [-0.3, -0.25) is 9.59 Å². The minimum absolute atomic E-state index is 0.0950. The van der Waals surface area contributed by atoms with Crippen molar-refractivity contribution < 1.29 is 4.79 Å². The van der Waals surface area contributed by atoms with Crippen LogP contribution in [0.15, 0.2) is 77.6 Å². The monoisotopic (exact) mass is 333 g/mol. The maximum Gasteiger partial charge on any atom is 0.267 e. The molecule has 1 aromatic heterocycles. The summed E-state index contributed by atoms with van der Waals surface area (Å²) in [4.78, 5) is 26.4. The maximum atomic E-state index is 12.7. The van der Waals surface area contributed by atoms with Gasteiger partial charge in [0.15, 0.2) is 0 Å². The van der Waals surface area contributed by atoms with Gasteiger partial charge >= 0.3 is 0 Å². The predicted molar refractivity (Wildman–Crippen MR) is 98.4 cm³/mol. The van der Waals surface area contributed by atoms with E-state index in [-0.39, 0.29) is 18.0 Å². The molecule has 1 heterocycles. The van der Waals surface area contributed by atoms with Crippen molar-refractivity contribution in [2.75, 3.05) is 11.4 Å². The van der Waals surface area contributed by atoms with E-state index in [1.807, 2.05) is 67.6 Å². The Labute approximate surface area is 146 Å². The van der Waals surface area contributed by atoms with E-state index in [0.29, 0.717) is 12.2 Å². The van der Waals surface area contributed by atoms with Gasteiger partial charge < -0.3 is 4.90 Å². The van der Waals surface area contributed by atoms with Gasteiger partial charge in [-0.1, -0.05) is 48.5 Å². The topological polar surface area (TPSA) is 55.2 Å². The van der Waals surface area contributed by atoms with Crippen LogP contribution in [0.3, 0.4) is 0 Å². The van der Waals surface area contributed by atoms with Crippen LogP contribution in [0.2, 0.25) is 0 Å². The average molecular weight is 333 g/mol. The zero-order chi connectivity index (χ0) is 17.6. The molecule has 0 unspecified atom stereocenters. The SMILES string of the molecule is CCN(C(=O)Cn1nc(-c2ccccc2)ccc1=O)c1ccccc1.